The van der Waals surface area contributed by atoms with Crippen LogP contribution in [0.1, 0.15) is 12.5 Å². The van der Waals surface area contributed by atoms with Crippen molar-refractivity contribution in [2.75, 3.05) is 31.2 Å². The van der Waals surface area contributed by atoms with Crippen LogP contribution in [0.4, 0.5) is 5.69 Å². The van der Waals surface area contributed by atoms with Crippen LogP contribution < -0.4 is 9.64 Å². The number of anilines is 1. The van der Waals surface area contributed by atoms with Gasteiger partial charge in [0.15, 0.2) is 0 Å². The number of methoxy groups -OCH3 is 1. The summed E-state index contributed by atoms with van der Waals surface area (Å²) in [7, 11) is 1.53. The molecule has 0 radical (unpaired) electrons. The van der Waals surface area contributed by atoms with Crippen LogP contribution in [-0.4, -0.2) is 32.2 Å². The Hall–Kier alpha value is -1.26. The first-order valence-corrected chi connectivity index (χ1v) is 6.26. The quantitative estimate of drug-likeness (QED) is 0.590. The maximum Gasteiger partial charge on any atom is 0.243 e. The third-order valence-electron chi connectivity index (χ3n) is 2.44. The Morgan fingerprint density at radius 2 is 2.17 bits per heavy atom. The number of carbonyl (C=O) groups is 1. The molecule has 1 amide bonds. The number of alkyl halides is 1. The molecule has 0 saturated heterocycles. The molecule has 5 heteroatoms. The monoisotopic (exact) mass is 271 g/mol. The molecule has 18 heavy (non-hydrogen) atoms. The second-order valence-electron chi connectivity index (χ2n) is 3.73. The van der Waals surface area contributed by atoms with Gasteiger partial charge in [-0.25, -0.2) is 0 Å². The Balaban J connectivity index is 3.20. The van der Waals surface area contributed by atoms with Crippen LogP contribution in [0, 0.1) is 6.92 Å². The van der Waals surface area contributed by atoms with E-state index < -0.39 is 0 Å². The second-order valence-corrected chi connectivity index (χ2v) is 4.00. The van der Waals surface area contributed by atoms with Crippen LogP contribution in [0.15, 0.2) is 18.2 Å². The van der Waals surface area contributed by atoms with Gasteiger partial charge < -0.3 is 9.47 Å². The summed E-state index contributed by atoms with van der Waals surface area (Å²) in [5.41, 5.74) is 1.66. The van der Waals surface area contributed by atoms with Crippen molar-refractivity contribution in [3.63, 3.8) is 0 Å². The van der Waals surface area contributed by atoms with Crippen molar-refractivity contribution < 1.29 is 14.3 Å². The predicted octanol–water partition coefficient (Wildman–Crippen LogP) is 2.57. The third kappa shape index (κ3) is 3.37. The van der Waals surface area contributed by atoms with Gasteiger partial charge >= 0.3 is 0 Å². The molecule has 100 valence electrons. The highest BCUT2D eigenvalue weighted by molar-refractivity contribution is 6.29. The highest BCUT2D eigenvalue weighted by atomic mass is 35.5. The summed E-state index contributed by atoms with van der Waals surface area (Å²) in [6.07, 6.45) is 0. The molecule has 0 unspecified atom stereocenters. The SMILES string of the molecule is CCOc1cccc(C)c1N(COC)C(=O)CCl. The van der Waals surface area contributed by atoms with Crippen molar-refractivity contribution in [2.24, 2.45) is 0 Å². The van der Waals surface area contributed by atoms with Crippen molar-refractivity contribution in [2.45, 2.75) is 13.8 Å². The van der Waals surface area contributed by atoms with Crippen molar-refractivity contribution in [1.82, 2.24) is 0 Å². The van der Waals surface area contributed by atoms with E-state index in [1.807, 2.05) is 32.0 Å². The van der Waals surface area contributed by atoms with E-state index in [2.05, 4.69) is 0 Å². The number of carbonyl (C=O) groups excluding carboxylic acids is 1. The van der Waals surface area contributed by atoms with Crippen LogP contribution in [-0.2, 0) is 9.53 Å². The Morgan fingerprint density at radius 3 is 2.72 bits per heavy atom. The Morgan fingerprint density at radius 1 is 1.44 bits per heavy atom. The number of hydrogen-bond acceptors (Lipinski definition) is 3. The fourth-order valence-corrected chi connectivity index (χ4v) is 1.86. The molecule has 0 bridgehead atoms. The van der Waals surface area contributed by atoms with Crippen molar-refractivity contribution in [3.05, 3.63) is 23.8 Å². The lowest BCUT2D eigenvalue weighted by Gasteiger charge is -2.25. The van der Waals surface area contributed by atoms with E-state index >= 15 is 0 Å². The topological polar surface area (TPSA) is 38.8 Å². The summed E-state index contributed by atoms with van der Waals surface area (Å²) in [6, 6.07) is 5.64. The first-order valence-electron chi connectivity index (χ1n) is 5.73. The van der Waals surface area contributed by atoms with Gasteiger partial charge in [0.1, 0.15) is 18.4 Å². The minimum absolute atomic E-state index is 0.0940. The Bertz CT molecular complexity index is 409. The van der Waals surface area contributed by atoms with Crippen LogP contribution >= 0.6 is 11.6 Å². The van der Waals surface area contributed by atoms with Gasteiger partial charge in [-0.15, -0.1) is 11.6 Å². The van der Waals surface area contributed by atoms with E-state index in [0.29, 0.717) is 18.0 Å². The number of benzene rings is 1. The van der Waals surface area contributed by atoms with E-state index in [-0.39, 0.29) is 18.5 Å². The molecular weight excluding hydrogens is 254 g/mol. The molecule has 0 saturated carbocycles. The predicted molar refractivity (Wildman–Crippen MR) is 72.4 cm³/mol. The van der Waals surface area contributed by atoms with Crippen molar-refractivity contribution in [1.29, 1.82) is 0 Å². The molecule has 0 fully saturated rings. The molecule has 4 nitrogen and oxygen atoms in total. The number of nitrogens with zero attached hydrogens (tertiary/aromatic N) is 1. The molecule has 1 rings (SSSR count). The number of amides is 1. The van der Waals surface area contributed by atoms with Crippen molar-refractivity contribution in [3.8, 4) is 5.75 Å². The summed E-state index contributed by atoms with van der Waals surface area (Å²) in [5.74, 6) is 0.352. The molecular formula is C13H18ClNO3. The van der Waals surface area contributed by atoms with Gasteiger partial charge in [-0.05, 0) is 25.5 Å². The molecule has 0 spiro atoms. The van der Waals surface area contributed by atoms with Gasteiger partial charge in [0, 0.05) is 7.11 Å². The molecule has 0 aliphatic carbocycles. The first-order chi connectivity index (χ1) is 8.65. The zero-order valence-electron chi connectivity index (χ0n) is 10.9. The maximum atomic E-state index is 11.9. The standard InChI is InChI=1S/C13H18ClNO3/c1-4-18-11-7-5-6-10(2)13(11)15(9-17-3)12(16)8-14/h5-7H,4,8-9H2,1-3H3. The van der Waals surface area contributed by atoms with Crippen LogP contribution in [0.25, 0.3) is 0 Å². The number of hydrogen-bond donors (Lipinski definition) is 0. The molecule has 1 aromatic rings. The molecule has 0 aliphatic rings. The lowest BCUT2D eigenvalue weighted by atomic mass is 10.1. The fraction of sp³-hybridized carbons (Fsp3) is 0.462. The average molecular weight is 272 g/mol. The van der Waals surface area contributed by atoms with E-state index in [0.717, 1.165) is 5.56 Å². The summed E-state index contributed by atoms with van der Waals surface area (Å²) in [6.45, 7) is 4.50. The summed E-state index contributed by atoms with van der Waals surface area (Å²) in [5, 5.41) is 0. The summed E-state index contributed by atoms with van der Waals surface area (Å²) in [4.78, 5) is 13.4. The minimum atomic E-state index is -0.214. The smallest absolute Gasteiger partial charge is 0.243 e. The van der Waals surface area contributed by atoms with E-state index in [9.17, 15) is 4.79 Å². The largest absolute Gasteiger partial charge is 0.492 e. The Labute approximate surface area is 112 Å². The summed E-state index contributed by atoms with van der Waals surface area (Å²) >= 11 is 5.63. The molecule has 0 aliphatic heterocycles. The molecule has 0 aromatic heterocycles. The number of halogens is 1. The zero-order valence-corrected chi connectivity index (χ0v) is 11.7. The number of aryl methyl sites for hydroxylation is 1. The number of rotatable bonds is 6. The van der Waals surface area contributed by atoms with Gasteiger partial charge in [-0.1, -0.05) is 12.1 Å². The number of para-hydroxylation sites is 1. The summed E-state index contributed by atoms with van der Waals surface area (Å²) < 4.78 is 10.6. The molecule has 1 aromatic carbocycles. The Kier molecular flexibility index (Phi) is 5.95. The van der Waals surface area contributed by atoms with Crippen LogP contribution in [0.5, 0.6) is 5.75 Å². The number of ether oxygens (including phenoxy) is 2. The van der Waals surface area contributed by atoms with E-state index in [1.165, 1.54) is 12.0 Å². The van der Waals surface area contributed by atoms with Crippen LogP contribution in [0.2, 0.25) is 0 Å². The van der Waals surface area contributed by atoms with E-state index in [4.69, 9.17) is 21.1 Å². The third-order valence-corrected chi connectivity index (χ3v) is 2.67. The molecule has 0 heterocycles. The lowest BCUT2D eigenvalue weighted by Crippen LogP contribution is -2.34. The van der Waals surface area contributed by atoms with Crippen molar-refractivity contribution >= 4 is 23.2 Å². The highest BCUT2D eigenvalue weighted by Gasteiger charge is 2.20. The van der Waals surface area contributed by atoms with Gasteiger partial charge in [-0.2, -0.15) is 0 Å². The second kappa shape index (κ2) is 7.24. The van der Waals surface area contributed by atoms with Gasteiger partial charge in [0.25, 0.3) is 0 Å². The van der Waals surface area contributed by atoms with Crippen LogP contribution in [0.3, 0.4) is 0 Å². The molecule has 0 atom stereocenters. The maximum absolute atomic E-state index is 11.9. The average Bonchev–Trinajstić information content (AvgIpc) is 2.37. The van der Waals surface area contributed by atoms with E-state index in [1.54, 1.807) is 0 Å². The minimum Gasteiger partial charge on any atom is -0.492 e. The highest BCUT2D eigenvalue weighted by Crippen LogP contribution is 2.32. The molecule has 0 N–H and O–H groups in total. The normalized spacial score (nSPS) is 10.2. The zero-order chi connectivity index (χ0) is 13.5. The van der Waals surface area contributed by atoms with Gasteiger partial charge in [0.05, 0.1) is 12.3 Å². The fourth-order valence-electron chi connectivity index (χ4n) is 1.71. The lowest BCUT2D eigenvalue weighted by molar-refractivity contribution is -0.117. The van der Waals surface area contributed by atoms with Gasteiger partial charge in [0.2, 0.25) is 5.91 Å². The van der Waals surface area contributed by atoms with Gasteiger partial charge in [-0.3, -0.25) is 9.69 Å². The first kappa shape index (κ1) is 14.8.